The summed E-state index contributed by atoms with van der Waals surface area (Å²) in [6.45, 7) is 1.47. The van der Waals surface area contributed by atoms with E-state index in [0.29, 0.717) is 32.4 Å². The second kappa shape index (κ2) is 9.70. The molecule has 2 N–H and O–H groups in total. The summed E-state index contributed by atoms with van der Waals surface area (Å²) in [5.41, 5.74) is 3.13. The summed E-state index contributed by atoms with van der Waals surface area (Å²) in [5.74, 6) is 1.19. The zero-order chi connectivity index (χ0) is 24.5. The van der Waals surface area contributed by atoms with E-state index in [-0.39, 0.29) is 18.0 Å². The summed E-state index contributed by atoms with van der Waals surface area (Å²) in [7, 11) is 0. The standard InChI is InChI=1S/C26H20Cl2N4O2S/c1-15(33)30-17-6-8-18(9-7-17)32-25(24(31-26(32)35)21-4-2-3-13-29-21)23-12-11-22(34-23)19-10-5-16(27)14-20(19)28/h2-14,24-25H,1H3,(H,30,33)(H,31,35)/t24-,25+/m0/s1. The predicted octanol–water partition coefficient (Wildman–Crippen LogP) is 6.78. The normalized spacial score (nSPS) is 17.3. The summed E-state index contributed by atoms with van der Waals surface area (Å²) in [6.07, 6.45) is 1.75. The van der Waals surface area contributed by atoms with Crippen molar-refractivity contribution in [3.8, 4) is 11.3 Å². The predicted molar refractivity (Wildman–Crippen MR) is 143 cm³/mol. The lowest BCUT2D eigenvalue weighted by molar-refractivity contribution is -0.114. The van der Waals surface area contributed by atoms with E-state index in [1.807, 2.05) is 65.6 Å². The van der Waals surface area contributed by atoms with Crippen LogP contribution < -0.4 is 15.5 Å². The Hall–Kier alpha value is -3.39. The van der Waals surface area contributed by atoms with Crippen LogP contribution in [0.1, 0.15) is 30.5 Å². The molecule has 1 amide bonds. The van der Waals surface area contributed by atoms with Gasteiger partial charge in [-0.1, -0.05) is 29.3 Å². The van der Waals surface area contributed by atoms with Crippen molar-refractivity contribution in [3.05, 3.63) is 100 Å². The molecule has 9 heteroatoms. The van der Waals surface area contributed by atoms with Gasteiger partial charge in [0.05, 0.1) is 16.8 Å². The highest BCUT2D eigenvalue weighted by Crippen LogP contribution is 2.43. The number of rotatable bonds is 5. The van der Waals surface area contributed by atoms with E-state index in [4.69, 9.17) is 39.8 Å². The topological polar surface area (TPSA) is 70.4 Å². The van der Waals surface area contributed by atoms with Crippen LogP contribution in [0.15, 0.2) is 83.4 Å². The summed E-state index contributed by atoms with van der Waals surface area (Å²) >= 11 is 18.3. The fourth-order valence-corrected chi connectivity index (χ4v) is 5.02. The van der Waals surface area contributed by atoms with Gasteiger partial charge >= 0.3 is 0 Å². The molecule has 0 spiro atoms. The summed E-state index contributed by atoms with van der Waals surface area (Å²) in [6, 6.07) is 21.8. The van der Waals surface area contributed by atoms with Gasteiger partial charge in [0.15, 0.2) is 5.11 Å². The minimum atomic E-state index is -0.316. The molecule has 5 rings (SSSR count). The molecule has 3 heterocycles. The van der Waals surface area contributed by atoms with E-state index in [1.54, 1.807) is 18.3 Å². The highest BCUT2D eigenvalue weighted by Gasteiger charge is 2.42. The Morgan fingerprint density at radius 1 is 1.09 bits per heavy atom. The number of hydrogen-bond acceptors (Lipinski definition) is 4. The van der Waals surface area contributed by atoms with E-state index >= 15 is 0 Å². The van der Waals surface area contributed by atoms with E-state index in [0.717, 1.165) is 16.9 Å². The molecule has 1 fully saturated rings. The van der Waals surface area contributed by atoms with Crippen molar-refractivity contribution in [2.24, 2.45) is 0 Å². The number of hydrogen-bond donors (Lipinski definition) is 2. The van der Waals surface area contributed by atoms with E-state index < -0.39 is 0 Å². The molecule has 2 aromatic carbocycles. The third-order valence-corrected chi connectivity index (χ3v) is 6.54. The maximum atomic E-state index is 11.4. The van der Waals surface area contributed by atoms with Crippen LogP contribution in [0.2, 0.25) is 10.0 Å². The number of furan rings is 1. The molecule has 35 heavy (non-hydrogen) atoms. The average molecular weight is 523 g/mol. The van der Waals surface area contributed by atoms with Crippen molar-refractivity contribution in [1.82, 2.24) is 10.3 Å². The minimum Gasteiger partial charge on any atom is -0.459 e. The van der Waals surface area contributed by atoms with Gasteiger partial charge in [-0.2, -0.15) is 0 Å². The average Bonchev–Trinajstić information content (AvgIpc) is 3.44. The Morgan fingerprint density at radius 2 is 1.89 bits per heavy atom. The van der Waals surface area contributed by atoms with Crippen LogP contribution in [0, 0.1) is 0 Å². The minimum absolute atomic E-state index is 0.131. The Kier molecular flexibility index (Phi) is 6.47. The van der Waals surface area contributed by atoms with Gasteiger partial charge in [-0.25, -0.2) is 0 Å². The first-order valence-electron chi connectivity index (χ1n) is 10.8. The zero-order valence-corrected chi connectivity index (χ0v) is 20.9. The molecule has 0 unspecified atom stereocenters. The first kappa shape index (κ1) is 23.4. The molecule has 0 radical (unpaired) electrons. The quantitative estimate of drug-likeness (QED) is 0.281. The van der Waals surface area contributed by atoms with Crippen molar-refractivity contribution in [2.75, 3.05) is 10.2 Å². The fraction of sp³-hybridized carbons (Fsp3) is 0.115. The van der Waals surface area contributed by atoms with Crippen molar-refractivity contribution >= 4 is 57.8 Å². The third kappa shape index (κ3) is 4.75. The van der Waals surface area contributed by atoms with Crippen molar-refractivity contribution < 1.29 is 9.21 Å². The molecule has 2 atom stereocenters. The molecule has 0 bridgehead atoms. The monoisotopic (exact) mass is 522 g/mol. The number of halogens is 2. The van der Waals surface area contributed by atoms with Gasteiger partial charge in [-0.3, -0.25) is 9.78 Å². The first-order valence-corrected chi connectivity index (χ1v) is 12.0. The molecule has 0 aliphatic carbocycles. The fourth-order valence-electron chi connectivity index (χ4n) is 4.18. The maximum Gasteiger partial charge on any atom is 0.221 e. The molecule has 0 saturated carbocycles. The Labute approximate surface area is 217 Å². The number of pyridine rings is 1. The van der Waals surface area contributed by atoms with Crippen LogP contribution in [-0.4, -0.2) is 16.0 Å². The van der Waals surface area contributed by atoms with Gasteiger partial charge in [0, 0.05) is 35.1 Å². The van der Waals surface area contributed by atoms with Gasteiger partial charge in [0.2, 0.25) is 5.91 Å². The number of amides is 1. The molecule has 4 aromatic rings. The number of anilines is 2. The number of benzene rings is 2. The Bertz CT molecular complexity index is 1390. The van der Waals surface area contributed by atoms with Crippen LogP contribution in [0.4, 0.5) is 11.4 Å². The molecular formula is C26H20Cl2N4O2S. The maximum absolute atomic E-state index is 11.4. The lowest BCUT2D eigenvalue weighted by Crippen LogP contribution is -2.29. The number of carbonyl (C=O) groups is 1. The zero-order valence-electron chi connectivity index (χ0n) is 18.5. The Balaban J connectivity index is 1.56. The van der Waals surface area contributed by atoms with Crippen LogP contribution in [0.5, 0.6) is 0 Å². The number of nitrogens with zero attached hydrogens (tertiary/aromatic N) is 2. The van der Waals surface area contributed by atoms with Crippen molar-refractivity contribution in [3.63, 3.8) is 0 Å². The van der Waals surface area contributed by atoms with E-state index in [1.165, 1.54) is 6.92 Å². The van der Waals surface area contributed by atoms with E-state index in [2.05, 4.69) is 15.6 Å². The van der Waals surface area contributed by atoms with Gasteiger partial charge < -0.3 is 20.0 Å². The second-order valence-corrected chi connectivity index (χ2v) is 9.28. The summed E-state index contributed by atoms with van der Waals surface area (Å²) < 4.78 is 6.35. The van der Waals surface area contributed by atoms with Crippen molar-refractivity contribution in [1.29, 1.82) is 0 Å². The number of carbonyl (C=O) groups excluding carboxylic acids is 1. The lowest BCUT2D eigenvalue weighted by atomic mass is 10.0. The molecule has 176 valence electrons. The number of nitrogens with one attached hydrogen (secondary N) is 2. The van der Waals surface area contributed by atoms with Crippen LogP contribution >= 0.6 is 35.4 Å². The largest absolute Gasteiger partial charge is 0.459 e. The smallest absolute Gasteiger partial charge is 0.221 e. The van der Waals surface area contributed by atoms with Crippen LogP contribution in [-0.2, 0) is 4.79 Å². The van der Waals surface area contributed by atoms with E-state index in [9.17, 15) is 4.79 Å². The molecule has 6 nitrogen and oxygen atoms in total. The van der Waals surface area contributed by atoms with Gasteiger partial charge in [0.1, 0.15) is 17.6 Å². The molecular weight excluding hydrogens is 503 g/mol. The molecule has 1 saturated heterocycles. The highest BCUT2D eigenvalue weighted by molar-refractivity contribution is 7.80. The molecule has 1 aliphatic rings. The van der Waals surface area contributed by atoms with Gasteiger partial charge in [-0.15, -0.1) is 0 Å². The van der Waals surface area contributed by atoms with Crippen LogP contribution in [0.25, 0.3) is 11.3 Å². The highest BCUT2D eigenvalue weighted by atomic mass is 35.5. The number of aromatic nitrogens is 1. The summed E-state index contributed by atoms with van der Waals surface area (Å²) in [5, 5.41) is 7.79. The van der Waals surface area contributed by atoms with Crippen LogP contribution in [0.3, 0.4) is 0 Å². The number of thiocarbonyl (C=S) groups is 1. The molecule has 2 aromatic heterocycles. The second-order valence-electron chi connectivity index (χ2n) is 8.05. The van der Waals surface area contributed by atoms with Gasteiger partial charge in [0.25, 0.3) is 0 Å². The lowest BCUT2D eigenvalue weighted by Gasteiger charge is -2.26. The molecule has 1 aliphatic heterocycles. The Morgan fingerprint density at radius 3 is 2.57 bits per heavy atom. The SMILES string of the molecule is CC(=O)Nc1ccc(N2C(=S)N[C@@H](c3ccccn3)[C@H]2c2ccc(-c3ccc(Cl)cc3Cl)o2)cc1. The summed E-state index contributed by atoms with van der Waals surface area (Å²) in [4.78, 5) is 18.0. The van der Waals surface area contributed by atoms with Gasteiger partial charge in [-0.05, 0) is 78.9 Å². The first-order chi connectivity index (χ1) is 16.9. The van der Waals surface area contributed by atoms with Crippen molar-refractivity contribution in [2.45, 2.75) is 19.0 Å². The third-order valence-electron chi connectivity index (χ3n) is 5.68.